The van der Waals surface area contributed by atoms with Crippen molar-refractivity contribution < 1.29 is 0 Å². The van der Waals surface area contributed by atoms with E-state index in [4.69, 9.17) is 0 Å². The monoisotopic (exact) mass is 321 g/mol. The van der Waals surface area contributed by atoms with Crippen molar-refractivity contribution in [3.8, 4) is 0 Å². The van der Waals surface area contributed by atoms with Gasteiger partial charge in [-0.2, -0.15) is 0 Å². The molecule has 0 amide bonds. The van der Waals surface area contributed by atoms with E-state index in [2.05, 4.69) is 52.4 Å². The highest BCUT2D eigenvalue weighted by Gasteiger charge is 2.34. The van der Waals surface area contributed by atoms with E-state index in [0.29, 0.717) is 6.04 Å². The van der Waals surface area contributed by atoms with E-state index in [1.54, 1.807) is 0 Å². The third-order valence-electron chi connectivity index (χ3n) is 4.86. The maximum absolute atomic E-state index is 3.85. The standard InChI is InChI=1S/C17H24BrN/c1-12(13-7-9-16(18)10-8-13)19-17-4-2-3-15(11-17)14-5-6-14/h7-10,12,14-15,17,19H,2-6,11H2,1H3. The van der Waals surface area contributed by atoms with E-state index in [0.717, 1.165) is 22.4 Å². The molecule has 0 heterocycles. The highest BCUT2D eigenvalue weighted by atomic mass is 79.9. The molecule has 104 valence electrons. The van der Waals surface area contributed by atoms with E-state index in [1.807, 2.05) is 0 Å². The Morgan fingerprint density at radius 1 is 1.05 bits per heavy atom. The second kappa shape index (κ2) is 5.97. The zero-order chi connectivity index (χ0) is 13.2. The third kappa shape index (κ3) is 3.61. The van der Waals surface area contributed by atoms with Gasteiger partial charge in [0.1, 0.15) is 0 Å². The molecule has 0 aliphatic heterocycles. The lowest BCUT2D eigenvalue weighted by Crippen LogP contribution is -2.36. The molecule has 19 heavy (non-hydrogen) atoms. The van der Waals surface area contributed by atoms with Gasteiger partial charge in [-0.25, -0.2) is 0 Å². The summed E-state index contributed by atoms with van der Waals surface area (Å²) in [4.78, 5) is 0. The van der Waals surface area contributed by atoms with E-state index >= 15 is 0 Å². The van der Waals surface area contributed by atoms with Crippen LogP contribution in [0.3, 0.4) is 0 Å². The van der Waals surface area contributed by atoms with E-state index in [-0.39, 0.29) is 0 Å². The molecule has 2 saturated carbocycles. The fourth-order valence-corrected chi connectivity index (χ4v) is 3.84. The molecule has 1 nitrogen and oxygen atoms in total. The summed E-state index contributed by atoms with van der Waals surface area (Å²) in [5, 5.41) is 3.85. The number of hydrogen-bond acceptors (Lipinski definition) is 1. The zero-order valence-electron chi connectivity index (χ0n) is 11.7. The predicted molar refractivity (Wildman–Crippen MR) is 84.2 cm³/mol. The van der Waals surface area contributed by atoms with E-state index < -0.39 is 0 Å². The van der Waals surface area contributed by atoms with Crippen LogP contribution in [0.1, 0.15) is 57.1 Å². The topological polar surface area (TPSA) is 12.0 Å². The molecule has 2 heteroatoms. The van der Waals surface area contributed by atoms with Crippen LogP contribution < -0.4 is 5.32 Å². The summed E-state index contributed by atoms with van der Waals surface area (Å²) in [7, 11) is 0. The molecule has 2 fully saturated rings. The average Bonchev–Trinajstić information content (AvgIpc) is 3.24. The Morgan fingerprint density at radius 2 is 1.79 bits per heavy atom. The van der Waals surface area contributed by atoms with Crippen molar-refractivity contribution >= 4 is 15.9 Å². The largest absolute Gasteiger partial charge is 0.307 e. The number of rotatable bonds is 4. The maximum atomic E-state index is 3.85. The first-order chi connectivity index (χ1) is 9.22. The zero-order valence-corrected chi connectivity index (χ0v) is 13.3. The first kappa shape index (κ1) is 13.6. The van der Waals surface area contributed by atoms with E-state index in [9.17, 15) is 0 Å². The summed E-state index contributed by atoms with van der Waals surface area (Å²) in [6.45, 7) is 2.30. The molecule has 0 saturated heterocycles. The highest BCUT2D eigenvalue weighted by Crippen LogP contribution is 2.44. The van der Waals surface area contributed by atoms with Crippen LogP contribution >= 0.6 is 15.9 Å². The molecule has 2 aliphatic rings. The number of hydrogen-bond donors (Lipinski definition) is 1. The molecule has 3 atom stereocenters. The van der Waals surface area contributed by atoms with Crippen LogP contribution in [0.5, 0.6) is 0 Å². The van der Waals surface area contributed by atoms with Crippen LogP contribution in [0.15, 0.2) is 28.7 Å². The van der Waals surface area contributed by atoms with E-state index in [1.165, 1.54) is 44.1 Å². The molecular formula is C17H24BrN. The molecule has 1 aromatic carbocycles. The second-order valence-electron chi connectivity index (χ2n) is 6.40. The Balaban J connectivity index is 1.56. The predicted octanol–water partition coefficient (Wildman–Crippen LogP) is 5.07. The van der Waals surface area contributed by atoms with Gasteiger partial charge in [0.2, 0.25) is 0 Å². The van der Waals surface area contributed by atoms with Crippen LogP contribution in [0.4, 0.5) is 0 Å². The summed E-state index contributed by atoms with van der Waals surface area (Å²) in [6, 6.07) is 9.93. The quantitative estimate of drug-likeness (QED) is 0.816. The summed E-state index contributed by atoms with van der Waals surface area (Å²) in [5.74, 6) is 2.09. The minimum absolute atomic E-state index is 0.469. The molecule has 2 aliphatic carbocycles. The van der Waals surface area contributed by atoms with Crippen molar-refractivity contribution in [2.75, 3.05) is 0 Å². The number of benzene rings is 1. The lowest BCUT2D eigenvalue weighted by atomic mass is 9.82. The Labute approximate surface area is 125 Å². The molecule has 0 aromatic heterocycles. The first-order valence-corrected chi connectivity index (χ1v) is 8.53. The summed E-state index contributed by atoms with van der Waals surface area (Å²) in [6.07, 6.45) is 8.68. The third-order valence-corrected chi connectivity index (χ3v) is 5.39. The van der Waals surface area contributed by atoms with Gasteiger partial charge in [0.05, 0.1) is 0 Å². The van der Waals surface area contributed by atoms with Gasteiger partial charge in [0.15, 0.2) is 0 Å². The van der Waals surface area contributed by atoms with Crippen LogP contribution in [0, 0.1) is 11.8 Å². The molecule has 0 bridgehead atoms. The van der Waals surface area contributed by atoms with Gasteiger partial charge in [0.25, 0.3) is 0 Å². The molecule has 0 spiro atoms. The number of nitrogens with one attached hydrogen (secondary N) is 1. The highest BCUT2D eigenvalue weighted by molar-refractivity contribution is 9.10. The second-order valence-corrected chi connectivity index (χ2v) is 7.32. The average molecular weight is 322 g/mol. The number of halogens is 1. The smallest absolute Gasteiger partial charge is 0.0294 e. The maximum Gasteiger partial charge on any atom is 0.0294 e. The van der Waals surface area contributed by atoms with Gasteiger partial charge in [-0.3, -0.25) is 0 Å². The normalized spacial score (nSPS) is 29.2. The Kier molecular flexibility index (Phi) is 4.28. The van der Waals surface area contributed by atoms with Crippen molar-refractivity contribution in [2.45, 2.75) is 57.5 Å². The van der Waals surface area contributed by atoms with Crippen molar-refractivity contribution in [1.82, 2.24) is 5.32 Å². The van der Waals surface area contributed by atoms with Crippen LogP contribution in [0.2, 0.25) is 0 Å². The van der Waals surface area contributed by atoms with Gasteiger partial charge in [0, 0.05) is 16.6 Å². The van der Waals surface area contributed by atoms with Crippen LogP contribution in [-0.4, -0.2) is 6.04 Å². The van der Waals surface area contributed by atoms with Crippen LogP contribution in [-0.2, 0) is 0 Å². The fraction of sp³-hybridized carbons (Fsp3) is 0.647. The SMILES string of the molecule is CC(NC1CCCC(C2CC2)C1)c1ccc(Br)cc1. The molecule has 0 radical (unpaired) electrons. The van der Waals surface area contributed by atoms with Gasteiger partial charge in [-0.1, -0.05) is 40.9 Å². The fourth-order valence-electron chi connectivity index (χ4n) is 3.58. The Bertz CT molecular complexity index is 410. The first-order valence-electron chi connectivity index (χ1n) is 7.74. The van der Waals surface area contributed by atoms with Gasteiger partial charge in [-0.15, -0.1) is 0 Å². The van der Waals surface area contributed by atoms with Crippen molar-refractivity contribution in [3.63, 3.8) is 0 Å². The molecule has 3 rings (SSSR count). The van der Waals surface area contributed by atoms with Crippen molar-refractivity contribution in [2.24, 2.45) is 11.8 Å². The Morgan fingerprint density at radius 3 is 2.47 bits per heavy atom. The molecule has 3 unspecified atom stereocenters. The lowest BCUT2D eigenvalue weighted by molar-refractivity contribution is 0.249. The summed E-state index contributed by atoms with van der Waals surface area (Å²) in [5.41, 5.74) is 1.40. The van der Waals surface area contributed by atoms with Gasteiger partial charge >= 0.3 is 0 Å². The van der Waals surface area contributed by atoms with Crippen LogP contribution in [0.25, 0.3) is 0 Å². The van der Waals surface area contributed by atoms with Crippen molar-refractivity contribution in [1.29, 1.82) is 0 Å². The summed E-state index contributed by atoms with van der Waals surface area (Å²) >= 11 is 3.50. The molecule has 1 aromatic rings. The minimum atomic E-state index is 0.469. The molecule has 1 N–H and O–H groups in total. The van der Waals surface area contributed by atoms with Gasteiger partial charge in [-0.05, 0) is 62.1 Å². The van der Waals surface area contributed by atoms with Gasteiger partial charge < -0.3 is 5.32 Å². The lowest BCUT2D eigenvalue weighted by Gasteiger charge is -2.32. The summed E-state index contributed by atoms with van der Waals surface area (Å²) < 4.78 is 1.16. The Hall–Kier alpha value is -0.340. The minimum Gasteiger partial charge on any atom is -0.307 e. The molecular weight excluding hydrogens is 298 g/mol. The van der Waals surface area contributed by atoms with Crippen molar-refractivity contribution in [3.05, 3.63) is 34.3 Å².